The van der Waals surface area contributed by atoms with Crippen LogP contribution in [0, 0.1) is 0 Å². The zero-order valence-corrected chi connectivity index (χ0v) is 12.9. The van der Waals surface area contributed by atoms with Crippen LogP contribution in [0.25, 0.3) is 0 Å². The standard InChI is InChI=1S/C15H30N4O/c1-14-5-2-3-9-19(14)10-4-6-17-15(20)13-18-11-7-16-8-12-18/h14,16H,2-13H2,1H3,(H,17,20). The van der Waals surface area contributed by atoms with Crippen LogP contribution in [0.5, 0.6) is 0 Å². The predicted molar refractivity (Wildman–Crippen MR) is 81.8 cm³/mol. The molecule has 2 heterocycles. The third-order valence-corrected chi connectivity index (χ3v) is 4.46. The predicted octanol–water partition coefficient (Wildman–Crippen LogP) is 0.272. The number of nitrogens with zero attached hydrogens (tertiary/aromatic N) is 2. The Kier molecular flexibility index (Phi) is 6.76. The summed E-state index contributed by atoms with van der Waals surface area (Å²) >= 11 is 0. The molecule has 2 fully saturated rings. The van der Waals surface area contributed by atoms with E-state index < -0.39 is 0 Å². The number of amides is 1. The summed E-state index contributed by atoms with van der Waals surface area (Å²) in [6, 6.07) is 0.723. The number of piperidine rings is 1. The minimum Gasteiger partial charge on any atom is -0.355 e. The van der Waals surface area contributed by atoms with Crippen LogP contribution in [0.15, 0.2) is 0 Å². The summed E-state index contributed by atoms with van der Waals surface area (Å²) in [4.78, 5) is 16.6. The van der Waals surface area contributed by atoms with Crippen molar-refractivity contribution in [2.24, 2.45) is 0 Å². The number of piperazine rings is 1. The molecule has 1 unspecified atom stereocenters. The SMILES string of the molecule is CC1CCCCN1CCCNC(=O)CN1CCNCC1. The summed E-state index contributed by atoms with van der Waals surface area (Å²) in [6.07, 6.45) is 5.10. The Labute approximate surface area is 123 Å². The molecule has 1 amide bonds. The first-order valence-corrected chi connectivity index (χ1v) is 8.19. The van der Waals surface area contributed by atoms with E-state index in [4.69, 9.17) is 0 Å². The third-order valence-electron chi connectivity index (χ3n) is 4.46. The van der Waals surface area contributed by atoms with Gasteiger partial charge in [-0.3, -0.25) is 9.69 Å². The van der Waals surface area contributed by atoms with Crippen molar-refractivity contribution in [1.29, 1.82) is 0 Å². The topological polar surface area (TPSA) is 47.6 Å². The minimum atomic E-state index is 0.179. The van der Waals surface area contributed by atoms with Gasteiger partial charge < -0.3 is 15.5 Å². The van der Waals surface area contributed by atoms with Crippen molar-refractivity contribution in [1.82, 2.24) is 20.4 Å². The molecule has 5 nitrogen and oxygen atoms in total. The van der Waals surface area contributed by atoms with Crippen LogP contribution in [0.4, 0.5) is 0 Å². The van der Waals surface area contributed by atoms with Crippen LogP contribution in [-0.2, 0) is 4.79 Å². The van der Waals surface area contributed by atoms with E-state index in [1.165, 1.54) is 25.8 Å². The lowest BCUT2D eigenvalue weighted by Gasteiger charge is -2.33. The maximum absolute atomic E-state index is 11.8. The van der Waals surface area contributed by atoms with E-state index in [1.807, 2.05) is 0 Å². The number of rotatable bonds is 6. The van der Waals surface area contributed by atoms with Gasteiger partial charge in [0.2, 0.25) is 5.91 Å². The quantitative estimate of drug-likeness (QED) is 0.687. The Morgan fingerprint density at radius 2 is 2.05 bits per heavy atom. The first-order chi connectivity index (χ1) is 9.75. The van der Waals surface area contributed by atoms with Crippen LogP contribution < -0.4 is 10.6 Å². The molecule has 2 aliphatic heterocycles. The Morgan fingerprint density at radius 3 is 2.80 bits per heavy atom. The molecule has 0 aromatic heterocycles. The maximum Gasteiger partial charge on any atom is 0.234 e. The molecule has 0 spiro atoms. The van der Waals surface area contributed by atoms with Crippen molar-refractivity contribution in [2.45, 2.75) is 38.6 Å². The van der Waals surface area contributed by atoms with E-state index in [2.05, 4.69) is 27.4 Å². The smallest absolute Gasteiger partial charge is 0.234 e. The summed E-state index contributed by atoms with van der Waals surface area (Å²) in [7, 11) is 0. The number of carbonyl (C=O) groups is 1. The van der Waals surface area contributed by atoms with Crippen molar-refractivity contribution in [3.05, 3.63) is 0 Å². The molecule has 2 saturated heterocycles. The van der Waals surface area contributed by atoms with Crippen molar-refractivity contribution >= 4 is 5.91 Å². The molecule has 0 aromatic rings. The number of hydrogen-bond donors (Lipinski definition) is 2. The van der Waals surface area contributed by atoms with Gasteiger partial charge >= 0.3 is 0 Å². The van der Waals surface area contributed by atoms with Crippen molar-refractivity contribution in [2.75, 3.05) is 52.4 Å². The Hall–Kier alpha value is -0.650. The number of likely N-dealkylation sites (tertiary alicyclic amines) is 1. The zero-order chi connectivity index (χ0) is 14.2. The van der Waals surface area contributed by atoms with Gasteiger partial charge in [-0.15, -0.1) is 0 Å². The molecular formula is C15H30N4O. The Bertz CT molecular complexity index is 292. The summed E-state index contributed by atoms with van der Waals surface area (Å²) in [5, 5.41) is 6.36. The summed E-state index contributed by atoms with van der Waals surface area (Å²) in [6.45, 7) is 10.0. The second kappa shape index (κ2) is 8.60. The van der Waals surface area contributed by atoms with Gasteiger partial charge in [-0.05, 0) is 32.7 Å². The Balaban J connectivity index is 1.52. The summed E-state index contributed by atoms with van der Waals surface area (Å²) in [5.41, 5.74) is 0. The van der Waals surface area contributed by atoms with Gasteiger partial charge in [-0.1, -0.05) is 6.42 Å². The molecule has 2 aliphatic rings. The lowest BCUT2D eigenvalue weighted by molar-refractivity contribution is -0.122. The van der Waals surface area contributed by atoms with Gasteiger partial charge in [0.05, 0.1) is 6.54 Å². The fourth-order valence-corrected chi connectivity index (χ4v) is 3.13. The minimum absolute atomic E-state index is 0.179. The maximum atomic E-state index is 11.8. The van der Waals surface area contributed by atoms with Crippen molar-refractivity contribution in [3.63, 3.8) is 0 Å². The number of carbonyl (C=O) groups excluding carboxylic acids is 1. The summed E-state index contributed by atoms with van der Waals surface area (Å²) < 4.78 is 0. The highest BCUT2D eigenvalue weighted by atomic mass is 16.2. The monoisotopic (exact) mass is 282 g/mol. The van der Waals surface area contributed by atoms with Crippen LogP contribution in [0.2, 0.25) is 0 Å². The number of nitrogens with one attached hydrogen (secondary N) is 2. The molecule has 2 rings (SSSR count). The molecule has 1 atom stereocenters. The van der Waals surface area contributed by atoms with Gasteiger partial charge in [0, 0.05) is 45.3 Å². The molecular weight excluding hydrogens is 252 g/mol. The largest absolute Gasteiger partial charge is 0.355 e. The molecule has 2 N–H and O–H groups in total. The molecule has 116 valence electrons. The fraction of sp³-hybridized carbons (Fsp3) is 0.933. The zero-order valence-electron chi connectivity index (χ0n) is 12.9. The first kappa shape index (κ1) is 15.7. The first-order valence-electron chi connectivity index (χ1n) is 8.19. The average molecular weight is 282 g/mol. The third kappa shape index (κ3) is 5.38. The van der Waals surface area contributed by atoms with E-state index in [9.17, 15) is 4.79 Å². The highest BCUT2D eigenvalue weighted by Crippen LogP contribution is 2.15. The van der Waals surface area contributed by atoms with E-state index in [1.54, 1.807) is 0 Å². The second-order valence-electron chi connectivity index (χ2n) is 6.11. The lowest BCUT2D eigenvalue weighted by atomic mass is 10.0. The summed E-state index contributed by atoms with van der Waals surface area (Å²) in [5.74, 6) is 0.179. The highest BCUT2D eigenvalue weighted by Gasteiger charge is 2.17. The highest BCUT2D eigenvalue weighted by molar-refractivity contribution is 5.77. The fourth-order valence-electron chi connectivity index (χ4n) is 3.13. The lowest BCUT2D eigenvalue weighted by Crippen LogP contribution is -2.47. The average Bonchev–Trinajstić information content (AvgIpc) is 2.46. The normalized spacial score (nSPS) is 25.6. The van der Waals surface area contributed by atoms with E-state index in [-0.39, 0.29) is 5.91 Å². The molecule has 20 heavy (non-hydrogen) atoms. The molecule has 0 aliphatic carbocycles. The van der Waals surface area contributed by atoms with Crippen LogP contribution >= 0.6 is 0 Å². The van der Waals surface area contributed by atoms with Crippen molar-refractivity contribution in [3.8, 4) is 0 Å². The molecule has 0 aromatic carbocycles. The molecule has 0 bridgehead atoms. The van der Waals surface area contributed by atoms with Gasteiger partial charge in [0.25, 0.3) is 0 Å². The number of hydrogen-bond acceptors (Lipinski definition) is 4. The van der Waals surface area contributed by atoms with E-state index >= 15 is 0 Å². The molecule has 0 radical (unpaired) electrons. The van der Waals surface area contributed by atoms with E-state index in [0.29, 0.717) is 6.54 Å². The Morgan fingerprint density at radius 1 is 1.25 bits per heavy atom. The molecule has 0 saturated carbocycles. The van der Waals surface area contributed by atoms with Gasteiger partial charge in [0.1, 0.15) is 0 Å². The van der Waals surface area contributed by atoms with E-state index in [0.717, 1.165) is 51.7 Å². The van der Waals surface area contributed by atoms with Gasteiger partial charge in [-0.25, -0.2) is 0 Å². The van der Waals surface area contributed by atoms with Crippen LogP contribution in [0.3, 0.4) is 0 Å². The van der Waals surface area contributed by atoms with Crippen LogP contribution in [-0.4, -0.2) is 74.1 Å². The van der Waals surface area contributed by atoms with Crippen LogP contribution in [0.1, 0.15) is 32.6 Å². The second-order valence-corrected chi connectivity index (χ2v) is 6.11. The van der Waals surface area contributed by atoms with Gasteiger partial charge in [-0.2, -0.15) is 0 Å². The van der Waals surface area contributed by atoms with Crippen molar-refractivity contribution < 1.29 is 4.79 Å². The van der Waals surface area contributed by atoms with Gasteiger partial charge in [0.15, 0.2) is 0 Å². The molecule has 5 heteroatoms.